The Morgan fingerprint density at radius 3 is 1.81 bits per heavy atom. The van der Waals surface area contributed by atoms with Crippen LogP contribution in [-0.4, -0.2) is 74.1 Å². The zero-order valence-electron chi connectivity index (χ0n) is 40.7. The number of aliphatic hydroxyl groups excluding tert-OH is 1. The number of urea groups is 1. The molecule has 0 unspecified atom stereocenters. The predicted molar refractivity (Wildman–Crippen MR) is 266 cm³/mol. The molecule has 68 heavy (non-hydrogen) atoms. The van der Waals surface area contributed by atoms with Gasteiger partial charge in [0.05, 0.1) is 31.1 Å². The van der Waals surface area contributed by atoms with E-state index in [1.807, 2.05) is 163 Å². The Morgan fingerprint density at radius 2 is 1.26 bits per heavy atom. The smallest absolute Gasteiger partial charge is 0.318 e. The van der Waals surface area contributed by atoms with Crippen molar-refractivity contribution in [1.29, 1.82) is 0 Å². The second kappa shape index (κ2) is 27.6. The minimum absolute atomic E-state index is 0.00560. The van der Waals surface area contributed by atoms with E-state index in [4.69, 9.17) is 4.74 Å². The Morgan fingerprint density at radius 1 is 0.706 bits per heavy atom. The van der Waals surface area contributed by atoms with Crippen molar-refractivity contribution in [2.75, 3.05) is 6.54 Å². The molecule has 0 spiro atoms. The highest BCUT2D eigenvalue weighted by molar-refractivity contribution is 5.99. The Balaban J connectivity index is 1.34. The van der Waals surface area contributed by atoms with Crippen molar-refractivity contribution in [3.05, 3.63) is 162 Å². The zero-order valence-corrected chi connectivity index (χ0v) is 40.7. The van der Waals surface area contributed by atoms with Gasteiger partial charge in [-0.25, -0.2) is 9.78 Å². The first kappa shape index (κ1) is 52.8. The van der Waals surface area contributed by atoms with Gasteiger partial charge in [-0.05, 0) is 65.8 Å². The third kappa shape index (κ3) is 17.2. The summed E-state index contributed by atoms with van der Waals surface area (Å²) in [5.41, 5.74) is 4.66. The molecule has 0 bridgehead atoms. The van der Waals surface area contributed by atoms with Crippen molar-refractivity contribution in [3.63, 3.8) is 0 Å². The molecule has 5 N–H and O–H groups in total. The van der Waals surface area contributed by atoms with E-state index in [1.54, 1.807) is 22.0 Å². The Kier molecular flexibility index (Phi) is 21.4. The fraction of sp³-hybridized carbons (Fsp3) is 0.436. The number of nitrogens with zero attached hydrogens (tertiary/aromatic N) is 3. The second-order valence-corrected chi connectivity index (χ2v) is 18.7. The fourth-order valence-corrected chi connectivity index (χ4v) is 8.24. The van der Waals surface area contributed by atoms with Crippen molar-refractivity contribution in [2.24, 2.45) is 23.7 Å². The summed E-state index contributed by atoms with van der Waals surface area (Å²) < 4.78 is 7.84. The van der Waals surface area contributed by atoms with E-state index >= 15 is 0 Å². The summed E-state index contributed by atoms with van der Waals surface area (Å²) in [6, 6.07) is 36.3. The molecule has 0 aliphatic rings. The minimum atomic E-state index is -1.16. The first-order chi connectivity index (χ1) is 32.8. The highest BCUT2D eigenvalue weighted by Crippen LogP contribution is 2.23. The summed E-state index contributed by atoms with van der Waals surface area (Å²) in [5, 5.41) is 24.2. The molecule has 1 aromatic heterocycles. The van der Waals surface area contributed by atoms with Gasteiger partial charge in [-0.15, -0.1) is 0 Å². The number of amides is 5. The molecule has 0 saturated heterocycles. The maximum Gasteiger partial charge on any atom is 0.318 e. The molecule has 4 aromatic carbocycles. The molecular weight excluding hydrogens is 855 g/mol. The zero-order chi connectivity index (χ0) is 48.8. The number of nitrogens with one attached hydrogen (secondary N) is 4. The molecule has 364 valence electrons. The first-order valence-corrected chi connectivity index (χ1v) is 24.2. The lowest BCUT2D eigenvalue weighted by molar-refractivity contribution is -0.136. The summed E-state index contributed by atoms with van der Waals surface area (Å²) in [7, 11) is 0. The van der Waals surface area contributed by atoms with E-state index in [0.717, 1.165) is 35.1 Å². The molecule has 0 aliphatic carbocycles. The van der Waals surface area contributed by atoms with Crippen molar-refractivity contribution >= 4 is 23.8 Å². The van der Waals surface area contributed by atoms with E-state index < -0.39 is 53.9 Å². The quantitative estimate of drug-likeness (QED) is 0.0356. The molecule has 1 heterocycles. The van der Waals surface area contributed by atoms with Crippen LogP contribution in [0.4, 0.5) is 4.79 Å². The van der Waals surface area contributed by atoms with Crippen LogP contribution in [0, 0.1) is 23.7 Å². The third-order valence-electron chi connectivity index (χ3n) is 12.4. The van der Waals surface area contributed by atoms with Crippen molar-refractivity contribution < 1.29 is 29.0 Å². The SMILES string of the molecule is CC[C@H](C)[C@H](NCCc1ccccc1)C(=O)NC(=O)[C@@H](C[C@H](O)[C@H](CC(C)C)NC(=O)[C@H](Cc1cncn1COCc1ccccc1)NC(=O)N(Cc1ccccc1)Cc1ccccc1)C(C)C. The first-order valence-electron chi connectivity index (χ1n) is 24.2. The maximum atomic E-state index is 14.7. The monoisotopic (exact) mass is 928 g/mol. The molecule has 6 atom stereocenters. The number of aromatic nitrogens is 2. The highest BCUT2D eigenvalue weighted by Gasteiger charge is 2.35. The van der Waals surface area contributed by atoms with Crippen LogP contribution in [0.2, 0.25) is 0 Å². The van der Waals surface area contributed by atoms with Gasteiger partial charge in [-0.3, -0.25) is 19.7 Å². The summed E-state index contributed by atoms with van der Waals surface area (Å²) in [4.78, 5) is 63.0. The van der Waals surface area contributed by atoms with Crippen LogP contribution in [0.25, 0.3) is 0 Å². The van der Waals surface area contributed by atoms with Gasteiger partial charge in [-0.2, -0.15) is 0 Å². The summed E-state index contributed by atoms with van der Waals surface area (Å²) in [6.45, 7) is 13.4. The van der Waals surface area contributed by atoms with Gasteiger partial charge in [0.25, 0.3) is 0 Å². The van der Waals surface area contributed by atoms with E-state index in [-0.39, 0.29) is 37.3 Å². The average molecular weight is 928 g/mol. The number of benzene rings is 4. The van der Waals surface area contributed by atoms with Gasteiger partial charge >= 0.3 is 6.03 Å². The van der Waals surface area contributed by atoms with Gasteiger partial charge in [0.2, 0.25) is 17.7 Å². The minimum Gasteiger partial charge on any atom is -0.391 e. The van der Waals surface area contributed by atoms with E-state index in [0.29, 0.717) is 38.4 Å². The Hall–Kier alpha value is -6.15. The van der Waals surface area contributed by atoms with E-state index in [1.165, 1.54) is 0 Å². The summed E-state index contributed by atoms with van der Waals surface area (Å²) >= 11 is 0. The lowest BCUT2D eigenvalue weighted by atomic mass is 9.85. The lowest BCUT2D eigenvalue weighted by Crippen LogP contribution is -2.56. The lowest BCUT2D eigenvalue weighted by Gasteiger charge is -2.32. The van der Waals surface area contributed by atoms with Gasteiger partial charge in [0.15, 0.2) is 0 Å². The standard InChI is InChI=1S/C55H73N7O6/c1-7-41(6)51(57-29-28-42-20-12-8-13-21-42)54(66)60-52(64)47(40(4)5)32-50(63)48(30-39(2)3)58-53(65)49(31-46-33-56-37-62(46)38-68-36-45-26-18-11-19-27-45)59-55(67)61(34-43-22-14-9-15-23-43)35-44-24-16-10-17-25-44/h8-27,33,37,39-41,47-51,57,63H,7,28-32,34-36,38H2,1-6H3,(H,58,65)(H,59,67)(H,60,64,66)/t41-,47-,48-,49-,50-,51-/m0/s1. The van der Waals surface area contributed by atoms with Crippen LogP contribution in [0.1, 0.15) is 88.8 Å². The maximum absolute atomic E-state index is 14.7. The van der Waals surface area contributed by atoms with Crippen molar-refractivity contribution in [2.45, 2.75) is 124 Å². The molecule has 0 radical (unpaired) electrons. The van der Waals surface area contributed by atoms with Crippen LogP contribution in [0.5, 0.6) is 0 Å². The van der Waals surface area contributed by atoms with Crippen molar-refractivity contribution in [3.8, 4) is 0 Å². The molecule has 0 fully saturated rings. The van der Waals surface area contributed by atoms with Crippen LogP contribution in [0.3, 0.4) is 0 Å². The van der Waals surface area contributed by atoms with E-state index in [9.17, 15) is 24.3 Å². The van der Waals surface area contributed by atoms with Crippen LogP contribution < -0.4 is 21.3 Å². The number of rotatable bonds is 27. The molecule has 5 amide bonds. The number of ether oxygens (including phenoxy) is 1. The largest absolute Gasteiger partial charge is 0.391 e. The number of carbonyl (C=O) groups excluding carboxylic acids is 4. The number of hydrogen-bond donors (Lipinski definition) is 5. The normalized spacial score (nSPS) is 14.1. The average Bonchev–Trinajstić information content (AvgIpc) is 3.78. The Bertz CT molecular complexity index is 2220. The van der Waals surface area contributed by atoms with Crippen LogP contribution >= 0.6 is 0 Å². The third-order valence-corrected chi connectivity index (χ3v) is 12.4. The number of imidazole rings is 1. The van der Waals surface area contributed by atoms with Gasteiger partial charge in [0.1, 0.15) is 12.8 Å². The second-order valence-electron chi connectivity index (χ2n) is 18.7. The van der Waals surface area contributed by atoms with Crippen LogP contribution in [0.15, 0.2) is 134 Å². The van der Waals surface area contributed by atoms with Crippen LogP contribution in [-0.2, 0) is 58.4 Å². The Labute approximate surface area is 403 Å². The number of hydrogen-bond acceptors (Lipinski definition) is 8. The van der Waals surface area contributed by atoms with E-state index in [2.05, 4.69) is 26.3 Å². The summed E-state index contributed by atoms with van der Waals surface area (Å²) in [5.74, 6) is -2.35. The number of aliphatic hydroxyl groups is 1. The topological polar surface area (TPSA) is 167 Å². The summed E-state index contributed by atoms with van der Waals surface area (Å²) in [6.07, 6.45) is 4.04. The number of imide groups is 1. The molecule has 0 aliphatic heterocycles. The van der Waals surface area contributed by atoms with Gasteiger partial charge in [-0.1, -0.05) is 169 Å². The fourth-order valence-electron chi connectivity index (χ4n) is 8.24. The molecule has 5 rings (SSSR count). The molecule has 5 aromatic rings. The predicted octanol–water partition coefficient (Wildman–Crippen LogP) is 7.82. The van der Waals surface area contributed by atoms with Crippen molar-refractivity contribution in [1.82, 2.24) is 35.7 Å². The molecule has 13 heteroatoms. The molecule has 13 nitrogen and oxygen atoms in total. The molecule has 0 saturated carbocycles. The number of carbonyl (C=O) groups is 4. The van der Waals surface area contributed by atoms with Gasteiger partial charge in [0, 0.05) is 37.3 Å². The molecular formula is C55H73N7O6. The highest BCUT2D eigenvalue weighted by atomic mass is 16.5. The van der Waals surface area contributed by atoms with Gasteiger partial charge < -0.3 is 35.3 Å².